The van der Waals surface area contributed by atoms with Crippen molar-refractivity contribution in [2.24, 2.45) is 5.92 Å². The van der Waals surface area contributed by atoms with Crippen LogP contribution in [0.1, 0.15) is 20.3 Å². The smallest absolute Gasteiger partial charge is 0.406 e. The molecule has 2 atom stereocenters. The largest absolute Gasteiger partial charge is 0.481 e. The minimum atomic E-state index is -4.48. The molecule has 0 fully saturated rings. The van der Waals surface area contributed by atoms with Crippen molar-refractivity contribution < 1.29 is 27.9 Å². The van der Waals surface area contributed by atoms with Gasteiger partial charge in [0.2, 0.25) is 0 Å². The Bertz CT molecular complexity index is 407. The van der Waals surface area contributed by atoms with E-state index in [9.17, 15) is 22.8 Å². The van der Waals surface area contributed by atoms with Crippen molar-refractivity contribution in [2.75, 3.05) is 6.54 Å². The van der Waals surface area contributed by atoms with Crippen LogP contribution in [-0.2, 0) is 4.79 Å². The van der Waals surface area contributed by atoms with Gasteiger partial charge in [-0.05, 0) is 20.3 Å². The number of rotatable bonds is 4. The molecule has 0 saturated carbocycles. The molecule has 2 N–H and O–H groups in total. The molecule has 8 heteroatoms. The van der Waals surface area contributed by atoms with E-state index in [0.29, 0.717) is 4.90 Å². The number of carboxylic acids is 1. The molecule has 0 aromatic carbocycles. The molecule has 0 aromatic rings. The lowest BCUT2D eigenvalue weighted by Gasteiger charge is -2.29. The van der Waals surface area contributed by atoms with Gasteiger partial charge in [-0.1, -0.05) is 12.2 Å². The van der Waals surface area contributed by atoms with E-state index in [0.717, 1.165) is 0 Å². The summed E-state index contributed by atoms with van der Waals surface area (Å²) >= 11 is 0. The summed E-state index contributed by atoms with van der Waals surface area (Å²) in [6, 6.07) is -2.02. The zero-order chi connectivity index (χ0) is 15.5. The summed E-state index contributed by atoms with van der Waals surface area (Å²) in [4.78, 5) is 23.2. The van der Waals surface area contributed by atoms with Crippen molar-refractivity contribution in [2.45, 2.75) is 38.5 Å². The number of amides is 2. The Hall–Kier alpha value is -1.73. The number of urea groups is 1. The number of nitrogens with zero attached hydrogens (tertiary/aromatic N) is 1. The maximum Gasteiger partial charge on any atom is 0.406 e. The molecule has 0 spiro atoms. The highest BCUT2D eigenvalue weighted by Gasteiger charge is 2.35. The molecule has 0 radical (unpaired) electrons. The summed E-state index contributed by atoms with van der Waals surface area (Å²) in [6.45, 7) is 1.63. The number of nitrogens with one attached hydrogen (secondary N) is 1. The quantitative estimate of drug-likeness (QED) is 0.779. The first kappa shape index (κ1) is 16.3. The van der Waals surface area contributed by atoms with Crippen LogP contribution >= 0.6 is 0 Å². The number of hydrogen-bond donors (Lipinski definition) is 2. The van der Waals surface area contributed by atoms with E-state index in [1.165, 1.54) is 26.0 Å². The fourth-order valence-corrected chi connectivity index (χ4v) is 1.91. The lowest BCUT2D eigenvalue weighted by atomic mass is 10.1. The maximum absolute atomic E-state index is 12.4. The molecule has 1 aliphatic rings. The first-order chi connectivity index (χ1) is 9.10. The zero-order valence-electron chi connectivity index (χ0n) is 11.1. The monoisotopic (exact) mass is 294 g/mol. The number of carbonyl (C=O) groups is 2. The van der Waals surface area contributed by atoms with Crippen LogP contribution in [0.5, 0.6) is 0 Å². The third kappa shape index (κ3) is 4.75. The van der Waals surface area contributed by atoms with Crippen LogP contribution in [0.3, 0.4) is 0 Å². The molecular formula is C12H17F3N2O3. The average Bonchev–Trinajstić information content (AvgIpc) is 2.72. The second-order valence-corrected chi connectivity index (χ2v) is 4.96. The van der Waals surface area contributed by atoms with Gasteiger partial charge in [0.25, 0.3) is 0 Å². The first-order valence-corrected chi connectivity index (χ1v) is 6.15. The third-order valence-corrected chi connectivity index (χ3v) is 2.94. The standard InChI is InChI=1S/C12H17F3N2O3/c1-7(2)17(6-12(13,14)15)11(20)16-9-4-3-8(5-9)10(18)19/h3-4,7-9H,5-6H2,1-2H3,(H,16,20)(H,18,19). The predicted molar refractivity (Wildman–Crippen MR) is 65.1 cm³/mol. The van der Waals surface area contributed by atoms with Gasteiger partial charge >= 0.3 is 18.2 Å². The summed E-state index contributed by atoms with van der Waals surface area (Å²) in [5.41, 5.74) is 0. The molecule has 1 aliphatic carbocycles. The molecule has 0 aliphatic heterocycles. The zero-order valence-corrected chi connectivity index (χ0v) is 11.1. The Morgan fingerprint density at radius 1 is 1.40 bits per heavy atom. The second-order valence-electron chi connectivity index (χ2n) is 4.96. The molecule has 2 amide bonds. The Labute approximate surface area is 114 Å². The van der Waals surface area contributed by atoms with Gasteiger partial charge in [-0.25, -0.2) is 4.79 Å². The molecule has 0 aromatic heterocycles. The van der Waals surface area contributed by atoms with Crippen molar-refractivity contribution in [1.82, 2.24) is 10.2 Å². The van der Waals surface area contributed by atoms with Gasteiger partial charge < -0.3 is 15.3 Å². The third-order valence-electron chi connectivity index (χ3n) is 2.94. The Balaban J connectivity index is 2.60. The van der Waals surface area contributed by atoms with Crippen LogP contribution in [0, 0.1) is 5.92 Å². The van der Waals surface area contributed by atoms with E-state index in [1.807, 2.05) is 0 Å². The van der Waals surface area contributed by atoms with Gasteiger partial charge in [-0.2, -0.15) is 13.2 Å². The highest BCUT2D eigenvalue weighted by atomic mass is 19.4. The summed E-state index contributed by atoms with van der Waals surface area (Å²) in [7, 11) is 0. The average molecular weight is 294 g/mol. The molecule has 0 heterocycles. The van der Waals surface area contributed by atoms with Gasteiger partial charge in [-0.15, -0.1) is 0 Å². The minimum Gasteiger partial charge on any atom is -0.481 e. The van der Waals surface area contributed by atoms with Gasteiger partial charge in [0.05, 0.1) is 12.0 Å². The van der Waals surface area contributed by atoms with E-state index in [-0.39, 0.29) is 6.42 Å². The summed E-state index contributed by atoms with van der Waals surface area (Å²) in [5, 5.41) is 11.2. The van der Waals surface area contributed by atoms with Crippen LogP contribution in [-0.4, -0.2) is 46.8 Å². The molecule has 0 bridgehead atoms. The van der Waals surface area contributed by atoms with Crippen molar-refractivity contribution >= 4 is 12.0 Å². The molecular weight excluding hydrogens is 277 g/mol. The van der Waals surface area contributed by atoms with Crippen LogP contribution < -0.4 is 5.32 Å². The molecule has 1 rings (SSSR count). The number of aliphatic carboxylic acids is 1. The maximum atomic E-state index is 12.4. The fraction of sp³-hybridized carbons (Fsp3) is 0.667. The minimum absolute atomic E-state index is 0.152. The number of halogens is 3. The topological polar surface area (TPSA) is 69.6 Å². The van der Waals surface area contributed by atoms with Crippen molar-refractivity contribution in [1.29, 1.82) is 0 Å². The van der Waals surface area contributed by atoms with E-state index < -0.39 is 42.7 Å². The lowest BCUT2D eigenvalue weighted by molar-refractivity contribution is -0.142. The van der Waals surface area contributed by atoms with Gasteiger partial charge in [0, 0.05) is 6.04 Å². The fourth-order valence-electron chi connectivity index (χ4n) is 1.91. The number of carboxylic acid groups (broad SMARTS) is 1. The number of carbonyl (C=O) groups excluding carboxylic acids is 1. The molecule has 114 valence electrons. The second kappa shape index (κ2) is 6.15. The van der Waals surface area contributed by atoms with Crippen LogP contribution in [0.15, 0.2) is 12.2 Å². The van der Waals surface area contributed by atoms with Crippen molar-refractivity contribution in [3.05, 3.63) is 12.2 Å². The van der Waals surface area contributed by atoms with Crippen LogP contribution in [0.2, 0.25) is 0 Å². The van der Waals surface area contributed by atoms with Crippen molar-refractivity contribution in [3.8, 4) is 0 Å². The van der Waals surface area contributed by atoms with E-state index in [2.05, 4.69) is 5.32 Å². The van der Waals surface area contributed by atoms with Crippen molar-refractivity contribution in [3.63, 3.8) is 0 Å². The molecule has 0 saturated heterocycles. The van der Waals surface area contributed by atoms with Crippen LogP contribution in [0.25, 0.3) is 0 Å². The first-order valence-electron chi connectivity index (χ1n) is 6.15. The van der Waals surface area contributed by atoms with Crippen LogP contribution in [0.4, 0.5) is 18.0 Å². The highest BCUT2D eigenvalue weighted by Crippen LogP contribution is 2.20. The normalized spacial score (nSPS) is 22.1. The summed E-state index contributed by atoms with van der Waals surface area (Å²) in [5.74, 6) is -1.73. The van der Waals surface area contributed by atoms with Gasteiger partial charge in [0.1, 0.15) is 6.54 Å². The SMILES string of the molecule is CC(C)N(CC(F)(F)F)C(=O)NC1C=CC(C(=O)O)C1. The summed E-state index contributed by atoms with van der Waals surface area (Å²) in [6.07, 6.45) is -1.41. The van der Waals surface area contributed by atoms with Gasteiger partial charge in [0.15, 0.2) is 0 Å². The Morgan fingerprint density at radius 3 is 2.40 bits per heavy atom. The highest BCUT2D eigenvalue weighted by molar-refractivity contribution is 5.76. The Kier molecular flexibility index (Phi) is 5.02. The molecule has 20 heavy (non-hydrogen) atoms. The lowest BCUT2D eigenvalue weighted by Crippen LogP contribution is -2.50. The van der Waals surface area contributed by atoms with E-state index in [1.54, 1.807) is 0 Å². The summed E-state index contributed by atoms with van der Waals surface area (Å²) < 4.78 is 37.2. The Morgan fingerprint density at radius 2 is 2.00 bits per heavy atom. The molecule has 2 unspecified atom stereocenters. The van der Waals surface area contributed by atoms with Gasteiger partial charge in [-0.3, -0.25) is 4.79 Å². The predicted octanol–water partition coefficient (Wildman–Crippen LogP) is 2.00. The molecule has 5 nitrogen and oxygen atoms in total. The van der Waals surface area contributed by atoms with E-state index >= 15 is 0 Å². The number of alkyl halides is 3. The number of hydrogen-bond acceptors (Lipinski definition) is 2. The van der Waals surface area contributed by atoms with E-state index in [4.69, 9.17) is 5.11 Å².